The van der Waals surface area contributed by atoms with Crippen LogP contribution in [-0.2, 0) is 11.2 Å². The number of carbonyl (C=O) groups excluding carboxylic acids is 1. The molecule has 0 atom stereocenters. The number of aromatic nitrogens is 1. The molecule has 1 aromatic rings. The van der Waals surface area contributed by atoms with E-state index in [9.17, 15) is 4.79 Å². The molecule has 18 heavy (non-hydrogen) atoms. The molecule has 1 fully saturated rings. The molecule has 98 valence electrons. The summed E-state index contributed by atoms with van der Waals surface area (Å²) in [6.07, 6.45) is 4.70. The molecule has 0 aliphatic heterocycles. The molecule has 0 spiro atoms. The highest BCUT2D eigenvalue weighted by Gasteiger charge is 2.39. The molecule has 1 heterocycles. The van der Waals surface area contributed by atoms with Gasteiger partial charge in [0, 0.05) is 17.3 Å². The number of carbonyl (C=O) groups is 1. The number of rotatable bonds is 4. The third-order valence-corrected chi connectivity index (χ3v) is 3.88. The maximum Gasteiger partial charge on any atom is 0.158 e. The van der Waals surface area contributed by atoms with Crippen LogP contribution in [0.2, 0.25) is 0 Å². The zero-order chi connectivity index (χ0) is 13.3. The van der Waals surface area contributed by atoms with Gasteiger partial charge in [0.15, 0.2) is 5.78 Å². The van der Waals surface area contributed by atoms with Crippen molar-refractivity contribution in [2.24, 2.45) is 5.73 Å². The summed E-state index contributed by atoms with van der Waals surface area (Å²) in [6, 6.07) is 0. The quantitative estimate of drug-likeness (QED) is 0.880. The Balaban J connectivity index is 2.22. The van der Waals surface area contributed by atoms with Gasteiger partial charge < -0.3 is 10.5 Å². The summed E-state index contributed by atoms with van der Waals surface area (Å²) in [6.45, 7) is 3.88. The van der Waals surface area contributed by atoms with Crippen LogP contribution in [0.4, 0.5) is 0 Å². The van der Waals surface area contributed by atoms with E-state index in [1.165, 1.54) is 0 Å². The zero-order valence-electron chi connectivity index (χ0n) is 11.2. The van der Waals surface area contributed by atoms with E-state index < -0.39 is 5.54 Å². The van der Waals surface area contributed by atoms with Crippen LogP contribution in [0.1, 0.15) is 36.1 Å². The molecule has 4 heteroatoms. The predicted molar refractivity (Wildman–Crippen MR) is 69.7 cm³/mol. The van der Waals surface area contributed by atoms with Gasteiger partial charge in [-0.3, -0.25) is 9.78 Å². The van der Waals surface area contributed by atoms with Gasteiger partial charge in [0.25, 0.3) is 0 Å². The van der Waals surface area contributed by atoms with Crippen molar-refractivity contribution in [2.45, 2.75) is 45.1 Å². The van der Waals surface area contributed by atoms with E-state index in [1.54, 1.807) is 13.3 Å². The van der Waals surface area contributed by atoms with Crippen molar-refractivity contribution in [1.82, 2.24) is 4.98 Å². The Morgan fingerprint density at radius 1 is 1.50 bits per heavy atom. The van der Waals surface area contributed by atoms with Crippen molar-refractivity contribution < 1.29 is 9.53 Å². The highest BCUT2D eigenvalue weighted by Crippen LogP contribution is 2.32. The number of hydrogen-bond donors (Lipinski definition) is 1. The van der Waals surface area contributed by atoms with Gasteiger partial charge in [-0.2, -0.15) is 0 Å². The van der Waals surface area contributed by atoms with E-state index in [0.29, 0.717) is 6.42 Å². The van der Waals surface area contributed by atoms with Crippen LogP contribution in [0.25, 0.3) is 0 Å². The lowest BCUT2D eigenvalue weighted by molar-refractivity contribution is -0.126. The van der Waals surface area contributed by atoms with Crippen LogP contribution in [0.5, 0.6) is 5.75 Å². The lowest BCUT2D eigenvalue weighted by Crippen LogP contribution is -2.54. The number of ether oxygens (including phenoxy) is 1. The molecule has 2 N–H and O–H groups in total. The number of aryl methyl sites for hydroxylation is 1. The normalized spacial score (nSPS) is 17.1. The Morgan fingerprint density at radius 3 is 2.67 bits per heavy atom. The molecule has 0 bridgehead atoms. The minimum Gasteiger partial charge on any atom is -0.496 e. The summed E-state index contributed by atoms with van der Waals surface area (Å²) in [5.74, 6) is 0.905. The number of ketones is 1. The fourth-order valence-corrected chi connectivity index (χ4v) is 2.41. The van der Waals surface area contributed by atoms with Crippen molar-refractivity contribution >= 4 is 5.78 Å². The molecular weight excluding hydrogens is 228 g/mol. The van der Waals surface area contributed by atoms with Gasteiger partial charge in [-0.05, 0) is 33.1 Å². The van der Waals surface area contributed by atoms with Crippen LogP contribution in [0.15, 0.2) is 6.20 Å². The monoisotopic (exact) mass is 248 g/mol. The SMILES string of the molecule is COc1c(C)cnc(CC(=O)C2(N)CCC2)c1C. The fraction of sp³-hybridized carbons (Fsp3) is 0.571. The first-order valence-corrected chi connectivity index (χ1v) is 6.29. The lowest BCUT2D eigenvalue weighted by atomic mass is 9.73. The van der Waals surface area contributed by atoms with Gasteiger partial charge >= 0.3 is 0 Å². The number of nitrogens with two attached hydrogens (primary N) is 1. The predicted octanol–water partition coefficient (Wildman–Crippen LogP) is 1.70. The van der Waals surface area contributed by atoms with Gasteiger partial charge in [-0.25, -0.2) is 0 Å². The number of Topliss-reactive ketones (excluding diaryl/α,β-unsaturated/α-hetero) is 1. The molecule has 0 amide bonds. The minimum atomic E-state index is -0.605. The maximum atomic E-state index is 12.1. The second-order valence-electron chi connectivity index (χ2n) is 5.16. The number of nitrogens with zero attached hydrogens (tertiary/aromatic N) is 1. The van der Waals surface area contributed by atoms with Crippen molar-refractivity contribution in [1.29, 1.82) is 0 Å². The van der Waals surface area contributed by atoms with Crippen LogP contribution in [-0.4, -0.2) is 23.4 Å². The fourth-order valence-electron chi connectivity index (χ4n) is 2.41. The van der Waals surface area contributed by atoms with Crippen LogP contribution in [0, 0.1) is 13.8 Å². The topological polar surface area (TPSA) is 65.2 Å². The third kappa shape index (κ3) is 2.12. The van der Waals surface area contributed by atoms with Crippen molar-refractivity contribution in [3.8, 4) is 5.75 Å². The molecule has 0 unspecified atom stereocenters. The lowest BCUT2D eigenvalue weighted by Gasteiger charge is -2.36. The molecule has 1 aromatic heterocycles. The van der Waals surface area contributed by atoms with E-state index in [2.05, 4.69) is 4.98 Å². The summed E-state index contributed by atoms with van der Waals surface area (Å²) < 4.78 is 5.34. The van der Waals surface area contributed by atoms with Crippen LogP contribution in [0.3, 0.4) is 0 Å². The van der Waals surface area contributed by atoms with Crippen molar-refractivity contribution in [3.05, 3.63) is 23.0 Å². The molecule has 0 aromatic carbocycles. The number of pyridine rings is 1. The van der Waals surface area contributed by atoms with E-state index in [4.69, 9.17) is 10.5 Å². The van der Waals surface area contributed by atoms with E-state index in [0.717, 1.165) is 41.8 Å². The second-order valence-corrected chi connectivity index (χ2v) is 5.16. The molecule has 0 saturated heterocycles. The zero-order valence-corrected chi connectivity index (χ0v) is 11.2. The Kier molecular flexibility index (Phi) is 3.39. The number of hydrogen-bond acceptors (Lipinski definition) is 4. The second kappa shape index (κ2) is 4.69. The molecule has 1 aliphatic carbocycles. The highest BCUT2D eigenvalue weighted by molar-refractivity contribution is 5.90. The van der Waals surface area contributed by atoms with Crippen LogP contribution < -0.4 is 10.5 Å². The van der Waals surface area contributed by atoms with Gasteiger partial charge in [-0.1, -0.05) is 0 Å². The van der Waals surface area contributed by atoms with Gasteiger partial charge in [-0.15, -0.1) is 0 Å². The van der Waals surface area contributed by atoms with Gasteiger partial charge in [0.1, 0.15) is 5.75 Å². The molecular formula is C14H20N2O2. The first kappa shape index (κ1) is 13.0. The Labute approximate surface area is 108 Å². The molecule has 4 nitrogen and oxygen atoms in total. The minimum absolute atomic E-state index is 0.0928. The highest BCUT2D eigenvalue weighted by atomic mass is 16.5. The summed E-state index contributed by atoms with van der Waals surface area (Å²) in [4.78, 5) is 16.5. The summed E-state index contributed by atoms with van der Waals surface area (Å²) >= 11 is 0. The first-order chi connectivity index (χ1) is 8.48. The Hall–Kier alpha value is -1.42. The largest absolute Gasteiger partial charge is 0.496 e. The average molecular weight is 248 g/mol. The average Bonchev–Trinajstić information content (AvgIpc) is 2.30. The standard InChI is InChI=1S/C14H20N2O2/c1-9-8-16-11(10(2)13(9)18-3)7-12(17)14(15)5-4-6-14/h8H,4-7,15H2,1-3H3. The Morgan fingerprint density at radius 2 is 2.17 bits per heavy atom. The van der Waals surface area contributed by atoms with Crippen molar-refractivity contribution in [3.63, 3.8) is 0 Å². The van der Waals surface area contributed by atoms with E-state index in [-0.39, 0.29) is 5.78 Å². The van der Waals surface area contributed by atoms with E-state index in [1.807, 2.05) is 13.8 Å². The smallest absolute Gasteiger partial charge is 0.158 e. The summed E-state index contributed by atoms with van der Waals surface area (Å²) in [7, 11) is 1.64. The third-order valence-electron chi connectivity index (χ3n) is 3.88. The first-order valence-electron chi connectivity index (χ1n) is 6.29. The summed E-state index contributed by atoms with van der Waals surface area (Å²) in [5.41, 5.74) is 8.13. The van der Waals surface area contributed by atoms with Crippen LogP contribution >= 0.6 is 0 Å². The maximum absolute atomic E-state index is 12.1. The molecule has 2 rings (SSSR count). The number of methoxy groups -OCH3 is 1. The molecule has 1 saturated carbocycles. The van der Waals surface area contributed by atoms with E-state index >= 15 is 0 Å². The molecule has 0 radical (unpaired) electrons. The van der Waals surface area contributed by atoms with Gasteiger partial charge in [0.05, 0.1) is 24.8 Å². The summed E-state index contributed by atoms with van der Waals surface area (Å²) in [5, 5.41) is 0. The van der Waals surface area contributed by atoms with Crippen molar-refractivity contribution in [2.75, 3.05) is 7.11 Å². The van der Waals surface area contributed by atoms with Gasteiger partial charge in [0.2, 0.25) is 0 Å². The Bertz CT molecular complexity index is 479. The molecule has 1 aliphatic rings.